The molecule has 0 radical (unpaired) electrons. The van der Waals surface area contributed by atoms with Crippen LogP contribution in [0.15, 0.2) is 18.2 Å². The molecule has 0 bridgehead atoms. The van der Waals surface area contributed by atoms with Gasteiger partial charge in [0.15, 0.2) is 0 Å². The van der Waals surface area contributed by atoms with Gasteiger partial charge in [-0.2, -0.15) is 0 Å². The van der Waals surface area contributed by atoms with E-state index < -0.39 is 36.2 Å². The number of benzene rings is 1. The SMILES string of the molecule is CC(C)C[C@H]1NC(=O)N(CC(=O)Nc2ccc(F)c(Cl)c2)C1=O. The molecule has 0 unspecified atom stereocenters. The first-order valence-electron chi connectivity index (χ1n) is 7.14. The number of hydrogen-bond acceptors (Lipinski definition) is 3. The highest BCUT2D eigenvalue weighted by molar-refractivity contribution is 6.31. The molecule has 1 atom stereocenters. The summed E-state index contributed by atoms with van der Waals surface area (Å²) in [5, 5.41) is 4.90. The van der Waals surface area contributed by atoms with E-state index in [4.69, 9.17) is 11.6 Å². The second-order valence-electron chi connectivity index (χ2n) is 5.73. The van der Waals surface area contributed by atoms with Crippen LogP contribution in [-0.2, 0) is 9.59 Å². The maximum atomic E-state index is 13.1. The Bertz CT molecular complexity index is 651. The molecule has 6 nitrogen and oxygen atoms in total. The van der Waals surface area contributed by atoms with Gasteiger partial charge in [-0.3, -0.25) is 14.5 Å². The minimum Gasteiger partial charge on any atom is -0.326 e. The standard InChI is InChI=1S/C15H17ClFN3O3/c1-8(2)5-12-14(22)20(15(23)19-12)7-13(21)18-9-3-4-11(17)10(16)6-9/h3-4,6,8,12H,5,7H2,1-2H3,(H,18,21)(H,19,23)/t12-/m1/s1. The van der Waals surface area contributed by atoms with Crippen molar-refractivity contribution < 1.29 is 18.8 Å². The summed E-state index contributed by atoms with van der Waals surface area (Å²) in [6, 6.07) is 2.52. The molecule has 0 aliphatic carbocycles. The fourth-order valence-electron chi connectivity index (χ4n) is 2.28. The van der Waals surface area contributed by atoms with Crippen LogP contribution in [-0.4, -0.2) is 35.3 Å². The lowest BCUT2D eigenvalue weighted by atomic mass is 10.0. The monoisotopic (exact) mass is 341 g/mol. The van der Waals surface area contributed by atoms with E-state index in [0.717, 1.165) is 11.0 Å². The van der Waals surface area contributed by atoms with Gasteiger partial charge in [0.1, 0.15) is 18.4 Å². The average molecular weight is 342 g/mol. The third kappa shape index (κ3) is 4.19. The Balaban J connectivity index is 1.98. The van der Waals surface area contributed by atoms with E-state index in [1.54, 1.807) is 0 Å². The smallest absolute Gasteiger partial charge is 0.325 e. The Kier molecular flexibility index (Phi) is 5.20. The lowest BCUT2D eigenvalue weighted by molar-refractivity contribution is -0.131. The second-order valence-corrected chi connectivity index (χ2v) is 6.14. The minimum absolute atomic E-state index is 0.130. The van der Waals surface area contributed by atoms with Gasteiger partial charge < -0.3 is 10.6 Å². The lowest BCUT2D eigenvalue weighted by Crippen LogP contribution is -2.38. The number of hydrogen-bond donors (Lipinski definition) is 2. The highest BCUT2D eigenvalue weighted by Gasteiger charge is 2.38. The van der Waals surface area contributed by atoms with Crippen molar-refractivity contribution in [2.45, 2.75) is 26.3 Å². The van der Waals surface area contributed by atoms with Crippen LogP contribution in [0.2, 0.25) is 5.02 Å². The van der Waals surface area contributed by atoms with E-state index in [9.17, 15) is 18.8 Å². The van der Waals surface area contributed by atoms with Gasteiger partial charge in [-0.1, -0.05) is 25.4 Å². The van der Waals surface area contributed by atoms with Gasteiger partial charge in [-0.15, -0.1) is 0 Å². The number of imide groups is 1. The number of anilines is 1. The molecule has 1 fully saturated rings. The molecule has 1 aromatic rings. The van der Waals surface area contributed by atoms with Gasteiger partial charge in [0, 0.05) is 5.69 Å². The Morgan fingerprint density at radius 3 is 2.74 bits per heavy atom. The summed E-state index contributed by atoms with van der Waals surface area (Å²) in [6.45, 7) is 3.47. The molecule has 2 N–H and O–H groups in total. The molecular formula is C15H17ClFN3O3. The Labute approximate surface area is 138 Å². The largest absolute Gasteiger partial charge is 0.326 e. The van der Waals surface area contributed by atoms with Crippen LogP contribution in [0.1, 0.15) is 20.3 Å². The second kappa shape index (κ2) is 6.95. The molecule has 0 spiro atoms. The molecule has 23 heavy (non-hydrogen) atoms. The van der Waals surface area contributed by atoms with Crippen LogP contribution in [0.5, 0.6) is 0 Å². The van der Waals surface area contributed by atoms with Crippen LogP contribution in [0.4, 0.5) is 14.9 Å². The van der Waals surface area contributed by atoms with Crippen molar-refractivity contribution in [3.05, 3.63) is 29.0 Å². The van der Waals surface area contributed by atoms with E-state index >= 15 is 0 Å². The van der Waals surface area contributed by atoms with Gasteiger partial charge in [-0.05, 0) is 30.5 Å². The Hall–Kier alpha value is -2.15. The van der Waals surface area contributed by atoms with E-state index in [1.165, 1.54) is 12.1 Å². The van der Waals surface area contributed by atoms with Crippen LogP contribution < -0.4 is 10.6 Å². The molecule has 1 aliphatic heterocycles. The number of carbonyl (C=O) groups excluding carboxylic acids is 3. The molecule has 124 valence electrons. The van der Waals surface area contributed by atoms with Crippen molar-refractivity contribution in [2.75, 3.05) is 11.9 Å². The fourth-order valence-corrected chi connectivity index (χ4v) is 2.46. The van der Waals surface area contributed by atoms with Gasteiger partial charge >= 0.3 is 6.03 Å². The summed E-state index contributed by atoms with van der Waals surface area (Å²) in [6.07, 6.45) is 0.510. The summed E-state index contributed by atoms with van der Waals surface area (Å²) in [7, 11) is 0. The molecular weight excluding hydrogens is 325 g/mol. The normalized spacial score (nSPS) is 17.6. The number of nitrogens with one attached hydrogen (secondary N) is 2. The maximum Gasteiger partial charge on any atom is 0.325 e. The third-order valence-corrected chi connectivity index (χ3v) is 3.61. The number of amides is 4. The quantitative estimate of drug-likeness (QED) is 0.807. The topological polar surface area (TPSA) is 78.5 Å². The number of carbonyl (C=O) groups is 3. The average Bonchev–Trinajstić information content (AvgIpc) is 2.70. The van der Waals surface area contributed by atoms with Gasteiger partial charge in [0.2, 0.25) is 5.91 Å². The number of rotatable bonds is 5. The highest BCUT2D eigenvalue weighted by Crippen LogP contribution is 2.19. The summed E-state index contributed by atoms with van der Waals surface area (Å²) < 4.78 is 13.1. The fraction of sp³-hybridized carbons (Fsp3) is 0.400. The van der Waals surface area contributed by atoms with Crippen LogP contribution >= 0.6 is 11.6 Å². The lowest BCUT2D eigenvalue weighted by Gasteiger charge is -2.14. The summed E-state index contributed by atoms with van der Waals surface area (Å²) in [5.41, 5.74) is 0.284. The van der Waals surface area contributed by atoms with E-state index in [0.29, 0.717) is 6.42 Å². The van der Waals surface area contributed by atoms with Gasteiger partial charge in [0.05, 0.1) is 5.02 Å². The van der Waals surface area contributed by atoms with Crippen LogP contribution in [0.25, 0.3) is 0 Å². The maximum absolute atomic E-state index is 13.1. The predicted molar refractivity (Wildman–Crippen MR) is 83.5 cm³/mol. The summed E-state index contributed by atoms with van der Waals surface area (Å²) in [5.74, 6) is -1.35. The van der Waals surface area contributed by atoms with Crippen molar-refractivity contribution in [1.82, 2.24) is 10.2 Å². The van der Waals surface area contributed by atoms with E-state index in [-0.39, 0.29) is 16.6 Å². The summed E-state index contributed by atoms with van der Waals surface area (Å²) >= 11 is 5.63. The van der Waals surface area contributed by atoms with Crippen LogP contribution in [0.3, 0.4) is 0 Å². The number of urea groups is 1. The molecule has 0 aromatic heterocycles. The van der Waals surface area contributed by atoms with Crippen LogP contribution in [0, 0.1) is 11.7 Å². The predicted octanol–water partition coefficient (Wildman–Crippen LogP) is 2.38. The van der Waals surface area contributed by atoms with E-state index in [2.05, 4.69) is 10.6 Å². The molecule has 2 rings (SSSR count). The third-order valence-electron chi connectivity index (χ3n) is 3.32. The zero-order valence-electron chi connectivity index (χ0n) is 12.7. The first-order chi connectivity index (χ1) is 10.8. The van der Waals surface area contributed by atoms with Gasteiger partial charge in [0.25, 0.3) is 5.91 Å². The first-order valence-corrected chi connectivity index (χ1v) is 7.52. The Morgan fingerprint density at radius 1 is 1.43 bits per heavy atom. The zero-order valence-corrected chi connectivity index (χ0v) is 13.5. The molecule has 1 heterocycles. The van der Waals surface area contributed by atoms with E-state index in [1.807, 2.05) is 13.8 Å². The van der Waals surface area contributed by atoms with Crippen molar-refractivity contribution in [3.63, 3.8) is 0 Å². The van der Waals surface area contributed by atoms with Crippen molar-refractivity contribution in [3.8, 4) is 0 Å². The first kappa shape index (κ1) is 17.2. The summed E-state index contributed by atoms with van der Waals surface area (Å²) in [4.78, 5) is 36.8. The van der Waals surface area contributed by atoms with Crippen molar-refractivity contribution in [1.29, 1.82) is 0 Å². The van der Waals surface area contributed by atoms with Crippen molar-refractivity contribution in [2.24, 2.45) is 5.92 Å². The minimum atomic E-state index is -0.602. The zero-order chi connectivity index (χ0) is 17.1. The molecule has 0 saturated carbocycles. The Morgan fingerprint density at radius 2 is 2.13 bits per heavy atom. The highest BCUT2D eigenvalue weighted by atomic mass is 35.5. The van der Waals surface area contributed by atoms with Gasteiger partial charge in [-0.25, -0.2) is 9.18 Å². The number of halogens is 2. The molecule has 1 saturated heterocycles. The molecule has 4 amide bonds. The van der Waals surface area contributed by atoms with Crippen molar-refractivity contribution >= 4 is 35.1 Å². The molecule has 1 aliphatic rings. The molecule has 8 heteroatoms. The number of nitrogens with zero attached hydrogens (tertiary/aromatic N) is 1. The molecule has 1 aromatic carbocycles.